The van der Waals surface area contributed by atoms with Crippen molar-refractivity contribution in [2.75, 3.05) is 0 Å². The first-order valence-corrected chi connectivity index (χ1v) is 13.7. The zero-order chi connectivity index (χ0) is 28.4. The summed E-state index contributed by atoms with van der Waals surface area (Å²) in [5.74, 6) is 27.0. The van der Waals surface area contributed by atoms with Crippen LogP contribution in [0.3, 0.4) is 0 Å². The zero-order valence-corrected chi connectivity index (χ0v) is 22.9. The van der Waals surface area contributed by atoms with Gasteiger partial charge in [-0.2, -0.15) is 0 Å². The molecule has 0 fully saturated rings. The van der Waals surface area contributed by atoms with Gasteiger partial charge in [-0.05, 0) is 72.8 Å². The summed E-state index contributed by atoms with van der Waals surface area (Å²) in [4.78, 5) is 0. The minimum atomic E-state index is 0.870. The van der Waals surface area contributed by atoms with E-state index in [1.807, 2.05) is 121 Å². The van der Waals surface area contributed by atoms with Crippen molar-refractivity contribution in [2.24, 2.45) is 0 Å². The molecule has 0 amide bonds. The second kappa shape index (κ2) is 12.8. The summed E-state index contributed by atoms with van der Waals surface area (Å²) in [6.45, 7) is 0. The molecule has 0 atom stereocenters. The molecule has 6 aromatic rings. The largest absolute Gasteiger partial charge is 0.0622 e. The zero-order valence-electron chi connectivity index (χ0n) is 22.9. The lowest BCUT2D eigenvalue weighted by molar-refractivity contribution is 1.59. The Balaban J connectivity index is 1.59. The summed E-state index contributed by atoms with van der Waals surface area (Å²) in [6, 6.07) is 48.4. The molecule has 0 radical (unpaired) electrons. The van der Waals surface area contributed by atoms with Gasteiger partial charge < -0.3 is 0 Å². The van der Waals surface area contributed by atoms with E-state index in [1.54, 1.807) is 0 Å². The molecule has 0 heteroatoms. The highest BCUT2D eigenvalue weighted by molar-refractivity contribution is 5.98. The van der Waals surface area contributed by atoms with Crippen LogP contribution in [-0.4, -0.2) is 0 Å². The Morgan fingerprint density at radius 2 is 0.619 bits per heavy atom. The first-order valence-electron chi connectivity index (χ1n) is 13.7. The minimum Gasteiger partial charge on any atom is -0.0622 e. The predicted molar refractivity (Wildman–Crippen MR) is 174 cm³/mol. The fourth-order valence-electron chi connectivity index (χ4n) is 4.52. The topological polar surface area (TPSA) is 0 Å². The van der Waals surface area contributed by atoms with Gasteiger partial charge in [-0.1, -0.05) is 120 Å². The maximum atomic E-state index is 3.45. The number of hydrogen-bond acceptors (Lipinski definition) is 0. The molecular formula is C42H24. The number of fused-ring (bicyclic) bond motifs is 1. The molecule has 42 heavy (non-hydrogen) atoms. The molecule has 192 valence electrons. The highest BCUT2D eigenvalue weighted by Gasteiger charge is 2.10. The van der Waals surface area contributed by atoms with E-state index in [1.165, 1.54) is 0 Å². The second-order valence-electron chi connectivity index (χ2n) is 9.57. The number of benzene rings is 6. The first kappa shape index (κ1) is 26.1. The third kappa shape index (κ3) is 6.51. The first-order chi connectivity index (χ1) is 20.8. The van der Waals surface area contributed by atoms with E-state index >= 15 is 0 Å². The highest BCUT2D eigenvalue weighted by Crippen LogP contribution is 2.28. The van der Waals surface area contributed by atoms with Crippen molar-refractivity contribution in [1.29, 1.82) is 0 Å². The van der Waals surface area contributed by atoms with E-state index in [9.17, 15) is 0 Å². The summed E-state index contributed by atoms with van der Waals surface area (Å²) in [5.41, 5.74) is 7.38. The Morgan fingerprint density at radius 3 is 1.10 bits per heavy atom. The molecule has 0 saturated heterocycles. The lowest BCUT2D eigenvalue weighted by Gasteiger charge is -2.09. The van der Waals surface area contributed by atoms with Gasteiger partial charge in [-0.3, -0.25) is 0 Å². The molecule has 0 aliphatic rings. The lowest BCUT2D eigenvalue weighted by Crippen LogP contribution is -1.92. The van der Waals surface area contributed by atoms with Crippen LogP contribution in [0.1, 0.15) is 44.5 Å². The molecular weight excluding hydrogens is 504 g/mol. The van der Waals surface area contributed by atoms with E-state index in [0.29, 0.717) is 0 Å². The van der Waals surface area contributed by atoms with Gasteiger partial charge >= 0.3 is 0 Å². The normalized spacial score (nSPS) is 9.62. The summed E-state index contributed by atoms with van der Waals surface area (Å²) in [6.07, 6.45) is 0. The standard InChI is InChI=1S/C42H24/c1-5-13-33(14-6-1)21-22-37-31-40(28-25-36-19-11-4-12-20-36)42-39(27-24-35-17-9-3-10-18-35)30-29-38(41(42)32-37)26-23-34-15-7-2-8-16-34/h1-20,29-32H. The van der Waals surface area contributed by atoms with Crippen LogP contribution in [0.15, 0.2) is 146 Å². The maximum Gasteiger partial charge on any atom is 0.0352 e. The number of hydrogen-bond donors (Lipinski definition) is 0. The van der Waals surface area contributed by atoms with Crippen LogP contribution in [0.5, 0.6) is 0 Å². The molecule has 6 rings (SSSR count). The van der Waals surface area contributed by atoms with Crippen LogP contribution in [-0.2, 0) is 0 Å². The Kier molecular flexibility index (Phi) is 7.93. The van der Waals surface area contributed by atoms with Crippen LogP contribution in [0.25, 0.3) is 10.8 Å². The fourth-order valence-corrected chi connectivity index (χ4v) is 4.52. The molecule has 0 unspecified atom stereocenters. The summed E-state index contributed by atoms with van der Waals surface area (Å²) in [5, 5.41) is 1.96. The van der Waals surface area contributed by atoms with Crippen LogP contribution >= 0.6 is 0 Å². The van der Waals surface area contributed by atoms with Gasteiger partial charge in [0, 0.05) is 55.3 Å². The molecule has 0 aliphatic carbocycles. The van der Waals surface area contributed by atoms with Crippen molar-refractivity contribution >= 4 is 10.8 Å². The summed E-state index contributed by atoms with van der Waals surface area (Å²) >= 11 is 0. The van der Waals surface area contributed by atoms with E-state index in [-0.39, 0.29) is 0 Å². The average molecular weight is 529 g/mol. The van der Waals surface area contributed by atoms with Gasteiger partial charge in [0.2, 0.25) is 0 Å². The molecule has 0 N–H and O–H groups in total. The summed E-state index contributed by atoms with van der Waals surface area (Å²) < 4.78 is 0. The Hall–Kier alpha value is -6.18. The van der Waals surface area contributed by atoms with Crippen molar-refractivity contribution in [3.05, 3.63) is 190 Å². The quantitative estimate of drug-likeness (QED) is 0.174. The van der Waals surface area contributed by atoms with Gasteiger partial charge in [0.15, 0.2) is 0 Å². The third-order valence-corrected chi connectivity index (χ3v) is 6.59. The Morgan fingerprint density at radius 1 is 0.262 bits per heavy atom. The van der Waals surface area contributed by atoms with Crippen molar-refractivity contribution in [3.63, 3.8) is 0 Å². The smallest absolute Gasteiger partial charge is 0.0352 e. The predicted octanol–water partition coefficient (Wildman–Crippen LogP) is 8.44. The van der Waals surface area contributed by atoms with Crippen molar-refractivity contribution in [1.82, 2.24) is 0 Å². The molecule has 0 bridgehead atoms. The third-order valence-electron chi connectivity index (χ3n) is 6.59. The molecule has 0 spiro atoms. The van der Waals surface area contributed by atoms with E-state index in [4.69, 9.17) is 0 Å². The van der Waals surface area contributed by atoms with Gasteiger partial charge in [0.25, 0.3) is 0 Å². The monoisotopic (exact) mass is 528 g/mol. The lowest BCUT2D eigenvalue weighted by atomic mass is 9.93. The molecule has 0 aromatic heterocycles. The van der Waals surface area contributed by atoms with Crippen LogP contribution < -0.4 is 0 Å². The maximum absolute atomic E-state index is 3.45. The summed E-state index contributed by atoms with van der Waals surface area (Å²) in [7, 11) is 0. The van der Waals surface area contributed by atoms with Crippen molar-refractivity contribution in [3.8, 4) is 47.4 Å². The van der Waals surface area contributed by atoms with Gasteiger partial charge in [0.1, 0.15) is 0 Å². The minimum absolute atomic E-state index is 0.870. The Bertz CT molecular complexity index is 2110. The molecule has 0 aliphatic heterocycles. The molecule has 0 nitrogen and oxygen atoms in total. The SMILES string of the molecule is C(#Cc1cc(C#Cc2ccccc2)c2c(C#Cc3ccccc3)ccc(C#Cc3ccccc3)c2c1)c1ccccc1. The highest BCUT2D eigenvalue weighted by atomic mass is 14.1. The van der Waals surface area contributed by atoms with Gasteiger partial charge in [-0.25, -0.2) is 0 Å². The van der Waals surface area contributed by atoms with E-state index in [2.05, 4.69) is 71.6 Å². The molecule has 0 saturated carbocycles. The van der Waals surface area contributed by atoms with Crippen LogP contribution in [0.4, 0.5) is 0 Å². The van der Waals surface area contributed by atoms with E-state index < -0.39 is 0 Å². The van der Waals surface area contributed by atoms with Gasteiger partial charge in [-0.15, -0.1) is 0 Å². The van der Waals surface area contributed by atoms with Gasteiger partial charge in [0.05, 0.1) is 0 Å². The Labute approximate surface area is 247 Å². The van der Waals surface area contributed by atoms with Crippen LogP contribution in [0, 0.1) is 47.4 Å². The fraction of sp³-hybridized carbons (Fsp3) is 0. The second-order valence-corrected chi connectivity index (χ2v) is 9.57. The molecule has 0 heterocycles. The number of rotatable bonds is 0. The van der Waals surface area contributed by atoms with Crippen LogP contribution in [0.2, 0.25) is 0 Å². The molecule has 6 aromatic carbocycles. The van der Waals surface area contributed by atoms with E-state index in [0.717, 1.165) is 55.3 Å². The van der Waals surface area contributed by atoms with Crippen molar-refractivity contribution in [2.45, 2.75) is 0 Å². The van der Waals surface area contributed by atoms with Crippen molar-refractivity contribution < 1.29 is 0 Å². The average Bonchev–Trinajstić information content (AvgIpc) is 3.06.